The van der Waals surface area contributed by atoms with Gasteiger partial charge in [0.15, 0.2) is 0 Å². The van der Waals surface area contributed by atoms with Crippen LogP contribution in [-0.2, 0) is 4.79 Å². The first-order chi connectivity index (χ1) is 10.2. The predicted octanol–water partition coefficient (Wildman–Crippen LogP) is 3.28. The van der Waals surface area contributed by atoms with E-state index in [9.17, 15) is 9.18 Å². The lowest BCUT2D eigenvalue weighted by atomic mass is 10.3. The van der Waals surface area contributed by atoms with Gasteiger partial charge in [0, 0.05) is 5.69 Å². The lowest BCUT2D eigenvalue weighted by Crippen LogP contribution is -2.22. The third-order valence-corrected chi connectivity index (χ3v) is 2.73. The molecule has 0 fully saturated rings. The Morgan fingerprint density at radius 1 is 1.19 bits per heavy atom. The lowest BCUT2D eigenvalue weighted by molar-refractivity contribution is -0.114. The molecule has 0 aromatic heterocycles. The average molecular weight is 288 g/mol. The second kappa shape index (κ2) is 7.28. The van der Waals surface area contributed by atoms with E-state index in [1.807, 2.05) is 31.2 Å². The molecule has 2 aromatic rings. The van der Waals surface area contributed by atoms with Gasteiger partial charge >= 0.3 is 0 Å². The van der Waals surface area contributed by atoms with Gasteiger partial charge in [-0.1, -0.05) is 18.2 Å². The van der Waals surface area contributed by atoms with Crippen LogP contribution in [0.1, 0.15) is 6.92 Å². The van der Waals surface area contributed by atoms with E-state index in [1.165, 1.54) is 12.1 Å². The summed E-state index contributed by atoms with van der Waals surface area (Å²) in [5, 5.41) is 5.62. The number of halogens is 1. The smallest absolute Gasteiger partial charge is 0.243 e. The average Bonchev–Trinajstić information content (AvgIpc) is 2.47. The Labute approximate surface area is 122 Å². The monoisotopic (exact) mass is 288 g/mol. The van der Waals surface area contributed by atoms with Crippen molar-refractivity contribution in [2.75, 3.05) is 23.8 Å². The molecule has 2 N–H and O–H groups in total. The number of anilines is 2. The van der Waals surface area contributed by atoms with Crippen LogP contribution in [0.3, 0.4) is 0 Å². The van der Waals surface area contributed by atoms with Crippen LogP contribution >= 0.6 is 0 Å². The molecule has 0 unspecified atom stereocenters. The largest absolute Gasteiger partial charge is 0.492 e. The van der Waals surface area contributed by atoms with Gasteiger partial charge in [-0.25, -0.2) is 4.39 Å². The molecule has 0 saturated carbocycles. The first kappa shape index (κ1) is 14.8. The summed E-state index contributed by atoms with van der Waals surface area (Å²) in [5.41, 5.74) is 1.17. The second-order valence-electron chi connectivity index (χ2n) is 4.34. The van der Waals surface area contributed by atoms with Crippen molar-refractivity contribution >= 4 is 17.3 Å². The Morgan fingerprint density at radius 3 is 2.76 bits per heavy atom. The number of amides is 1. The molecule has 0 aliphatic carbocycles. The zero-order chi connectivity index (χ0) is 15.1. The predicted molar refractivity (Wildman–Crippen MR) is 81.1 cm³/mol. The number of carbonyl (C=O) groups excluding carboxylic acids is 1. The fraction of sp³-hybridized carbons (Fsp3) is 0.188. The summed E-state index contributed by atoms with van der Waals surface area (Å²) in [6.45, 7) is 2.52. The van der Waals surface area contributed by atoms with Crippen molar-refractivity contribution in [2.24, 2.45) is 0 Å². The van der Waals surface area contributed by atoms with Crippen molar-refractivity contribution in [3.63, 3.8) is 0 Å². The SMILES string of the molecule is CCOc1ccccc1NCC(=O)Nc1cccc(F)c1. The molecule has 0 heterocycles. The maximum absolute atomic E-state index is 13.0. The lowest BCUT2D eigenvalue weighted by Gasteiger charge is -2.12. The third kappa shape index (κ3) is 4.49. The summed E-state index contributed by atoms with van der Waals surface area (Å²) in [7, 11) is 0. The van der Waals surface area contributed by atoms with Gasteiger partial charge in [0.1, 0.15) is 11.6 Å². The minimum absolute atomic E-state index is 0.0700. The Hall–Kier alpha value is -2.56. The number of para-hydroxylation sites is 2. The standard InChI is InChI=1S/C16H17FN2O2/c1-2-21-15-9-4-3-8-14(15)18-11-16(20)19-13-7-5-6-12(17)10-13/h3-10,18H,2,11H2,1H3,(H,19,20). The van der Waals surface area contributed by atoms with Crippen molar-refractivity contribution in [3.05, 3.63) is 54.3 Å². The molecule has 0 atom stereocenters. The fourth-order valence-corrected chi connectivity index (χ4v) is 1.84. The van der Waals surface area contributed by atoms with Crippen molar-refractivity contribution in [3.8, 4) is 5.75 Å². The molecule has 1 amide bonds. The van der Waals surface area contributed by atoms with Crippen molar-refractivity contribution < 1.29 is 13.9 Å². The zero-order valence-corrected chi connectivity index (χ0v) is 11.7. The first-order valence-corrected chi connectivity index (χ1v) is 6.70. The van der Waals surface area contributed by atoms with E-state index in [-0.39, 0.29) is 18.3 Å². The Bertz CT molecular complexity index is 617. The number of ether oxygens (including phenoxy) is 1. The van der Waals surface area contributed by atoms with E-state index in [0.29, 0.717) is 18.0 Å². The molecule has 2 rings (SSSR count). The van der Waals surface area contributed by atoms with Crippen LogP contribution in [0.15, 0.2) is 48.5 Å². The van der Waals surface area contributed by atoms with Crippen LogP contribution < -0.4 is 15.4 Å². The van der Waals surface area contributed by atoms with Crippen LogP contribution in [0.5, 0.6) is 5.75 Å². The van der Waals surface area contributed by atoms with Gasteiger partial charge in [-0.3, -0.25) is 4.79 Å². The summed E-state index contributed by atoms with van der Waals surface area (Å²) < 4.78 is 18.5. The number of rotatable bonds is 6. The summed E-state index contributed by atoms with van der Waals surface area (Å²) in [5.74, 6) is 0.0490. The van der Waals surface area contributed by atoms with Crippen LogP contribution in [0.2, 0.25) is 0 Å². The Morgan fingerprint density at radius 2 is 2.00 bits per heavy atom. The second-order valence-corrected chi connectivity index (χ2v) is 4.34. The minimum atomic E-state index is -0.387. The first-order valence-electron chi connectivity index (χ1n) is 6.70. The molecule has 4 nitrogen and oxygen atoms in total. The molecule has 0 saturated heterocycles. The molecule has 21 heavy (non-hydrogen) atoms. The summed E-state index contributed by atoms with van der Waals surface area (Å²) in [4.78, 5) is 11.8. The summed E-state index contributed by atoms with van der Waals surface area (Å²) >= 11 is 0. The molecule has 0 spiro atoms. The number of benzene rings is 2. The zero-order valence-electron chi connectivity index (χ0n) is 11.7. The molecular weight excluding hydrogens is 271 g/mol. The van der Waals surface area contributed by atoms with Crippen LogP contribution in [0.4, 0.5) is 15.8 Å². The quantitative estimate of drug-likeness (QED) is 0.857. The summed E-state index contributed by atoms with van der Waals surface area (Å²) in [6, 6.07) is 13.2. The molecule has 5 heteroatoms. The normalized spacial score (nSPS) is 10.0. The highest BCUT2D eigenvalue weighted by Crippen LogP contribution is 2.23. The fourth-order valence-electron chi connectivity index (χ4n) is 1.84. The number of hydrogen-bond acceptors (Lipinski definition) is 3. The van der Waals surface area contributed by atoms with E-state index in [1.54, 1.807) is 12.1 Å². The Kier molecular flexibility index (Phi) is 5.15. The van der Waals surface area contributed by atoms with Crippen LogP contribution in [0, 0.1) is 5.82 Å². The van der Waals surface area contributed by atoms with Gasteiger partial charge < -0.3 is 15.4 Å². The highest BCUT2D eigenvalue weighted by Gasteiger charge is 2.06. The van der Waals surface area contributed by atoms with Gasteiger partial charge in [0.05, 0.1) is 18.8 Å². The Balaban J connectivity index is 1.92. The minimum Gasteiger partial charge on any atom is -0.492 e. The molecule has 110 valence electrons. The highest BCUT2D eigenvalue weighted by atomic mass is 19.1. The van der Waals surface area contributed by atoms with Crippen LogP contribution in [0.25, 0.3) is 0 Å². The molecular formula is C16H17FN2O2. The van der Waals surface area contributed by atoms with Gasteiger partial charge in [0.25, 0.3) is 0 Å². The molecule has 0 bridgehead atoms. The summed E-state index contributed by atoms with van der Waals surface area (Å²) in [6.07, 6.45) is 0. The van der Waals surface area contributed by atoms with Gasteiger partial charge in [-0.15, -0.1) is 0 Å². The van der Waals surface area contributed by atoms with Crippen LogP contribution in [-0.4, -0.2) is 19.1 Å². The van der Waals surface area contributed by atoms with E-state index in [4.69, 9.17) is 4.74 Å². The highest BCUT2D eigenvalue weighted by molar-refractivity contribution is 5.93. The van der Waals surface area contributed by atoms with Gasteiger partial charge in [0.2, 0.25) is 5.91 Å². The molecule has 2 aromatic carbocycles. The molecule has 0 radical (unpaired) electrons. The van der Waals surface area contributed by atoms with Gasteiger partial charge in [-0.05, 0) is 37.3 Å². The maximum atomic E-state index is 13.0. The number of nitrogens with one attached hydrogen (secondary N) is 2. The van der Waals surface area contributed by atoms with Gasteiger partial charge in [-0.2, -0.15) is 0 Å². The van der Waals surface area contributed by atoms with Crippen molar-refractivity contribution in [1.82, 2.24) is 0 Å². The molecule has 0 aliphatic rings. The number of hydrogen-bond donors (Lipinski definition) is 2. The van der Waals surface area contributed by atoms with E-state index < -0.39 is 0 Å². The van der Waals surface area contributed by atoms with Crippen molar-refractivity contribution in [2.45, 2.75) is 6.92 Å². The van der Waals surface area contributed by atoms with E-state index >= 15 is 0 Å². The molecule has 0 aliphatic heterocycles. The topological polar surface area (TPSA) is 50.4 Å². The van der Waals surface area contributed by atoms with E-state index in [0.717, 1.165) is 5.69 Å². The van der Waals surface area contributed by atoms with E-state index in [2.05, 4.69) is 10.6 Å². The third-order valence-electron chi connectivity index (χ3n) is 2.73. The van der Waals surface area contributed by atoms with Crippen molar-refractivity contribution in [1.29, 1.82) is 0 Å². The maximum Gasteiger partial charge on any atom is 0.243 e. The number of carbonyl (C=O) groups is 1.